The first-order valence-electron chi connectivity index (χ1n) is 11.9. The van der Waals surface area contributed by atoms with Crippen molar-refractivity contribution in [2.75, 3.05) is 13.7 Å². The number of aromatic nitrogens is 3. The highest BCUT2D eigenvalue weighted by Gasteiger charge is 2.27. The number of carbonyl (C=O) groups excluding carboxylic acids is 1. The van der Waals surface area contributed by atoms with Gasteiger partial charge in [0.1, 0.15) is 11.3 Å². The minimum Gasteiger partial charge on any atom is -0.497 e. The van der Waals surface area contributed by atoms with Crippen LogP contribution in [0.3, 0.4) is 0 Å². The highest BCUT2D eigenvalue weighted by atomic mass is 16.5. The summed E-state index contributed by atoms with van der Waals surface area (Å²) in [6.45, 7) is 5.23. The Balaban J connectivity index is 1.42. The molecular formula is C27H29N5O3. The van der Waals surface area contributed by atoms with Crippen LogP contribution in [0.15, 0.2) is 65.6 Å². The number of methoxy groups -OCH3 is 1. The molecule has 0 atom stereocenters. The van der Waals surface area contributed by atoms with Gasteiger partial charge in [0.15, 0.2) is 5.65 Å². The summed E-state index contributed by atoms with van der Waals surface area (Å²) in [7, 11) is 1.66. The van der Waals surface area contributed by atoms with Gasteiger partial charge in [-0.15, -0.1) is 0 Å². The van der Waals surface area contributed by atoms with Crippen molar-refractivity contribution in [3.63, 3.8) is 0 Å². The summed E-state index contributed by atoms with van der Waals surface area (Å²) in [5.74, 6) is 0.593. The number of benzene rings is 2. The van der Waals surface area contributed by atoms with Gasteiger partial charge in [-0.1, -0.05) is 42.5 Å². The van der Waals surface area contributed by atoms with Crippen LogP contribution in [0.5, 0.6) is 5.75 Å². The lowest BCUT2D eigenvalue weighted by Crippen LogP contribution is -2.38. The fourth-order valence-corrected chi connectivity index (χ4v) is 4.80. The summed E-state index contributed by atoms with van der Waals surface area (Å²) in [6.07, 6.45) is 2.24. The number of carbonyl (C=O) groups is 1. The second kappa shape index (κ2) is 9.76. The predicted octanol–water partition coefficient (Wildman–Crippen LogP) is 3.01. The SMILES string of the molecule is CCn1c2c(c(=O)n3ncc(C(=O)NCc4ccccc4)c13)CN(Cc1ccc(OC)cc1)CC2. The maximum absolute atomic E-state index is 13.5. The molecule has 2 aromatic heterocycles. The molecule has 2 aromatic carbocycles. The second-order valence-electron chi connectivity index (χ2n) is 8.75. The smallest absolute Gasteiger partial charge is 0.279 e. The van der Waals surface area contributed by atoms with Crippen LogP contribution in [0.2, 0.25) is 0 Å². The minimum atomic E-state index is -0.234. The minimum absolute atomic E-state index is 0.152. The zero-order chi connectivity index (χ0) is 24.4. The van der Waals surface area contributed by atoms with Crippen molar-refractivity contribution in [1.82, 2.24) is 24.4 Å². The zero-order valence-electron chi connectivity index (χ0n) is 20.0. The molecule has 0 saturated heterocycles. The first kappa shape index (κ1) is 22.9. The third kappa shape index (κ3) is 4.44. The Morgan fingerprint density at radius 3 is 2.57 bits per heavy atom. The number of nitrogens with zero attached hydrogens (tertiary/aromatic N) is 4. The molecule has 1 aliphatic heterocycles. The van der Waals surface area contributed by atoms with E-state index in [-0.39, 0.29) is 11.5 Å². The number of hydrogen-bond donors (Lipinski definition) is 1. The van der Waals surface area contributed by atoms with Gasteiger partial charge in [-0.05, 0) is 30.2 Å². The van der Waals surface area contributed by atoms with E-state index >= 15 is 0 Å². The van der Waals surface area contributed by atoms with Crippen molar-refractivity contribution < 1.29 is 9.53 Å². The molecule has 3 heterocycles. The molecule has 0 spiro atoms. The summed E-state index contributed by atoms with van der Waals surface area (Å²) < 4.78 is 8.71. The van der Waals surface area contributed by atoms with Crippen molar-refractivity contribution >= 4 is 11.6 Å². The molecule has 8 heteroatoms. The maximum Gasteiger partial charge on any atom is 0.279 e. The fourth-order valence-electron chi connectivity index (χ4n) is 4.80. The molecule has 1 aliphatic rings. The summed E-state index contributed by atoms with van der Waals surface area (Å²) in [6, 6.07) is 17.8. The molecule has 0 saturated carbocycles. The first-order chi connectivity index (χ1) is 17.1. The van der Waals surface area contributed by atoms with Gasteiger partial charge in [0, 0.05) is 44.8 Å². The van der Waals surface area contributed by atoms with E-state index in [2.05, 4.69) is 32.0 Å². The summed E-state index contributed by atoms with van der Waals surface area (Å²) >= 11 is 0. The molecule has 0 fully saturated rings. The van der Waals surface area contributed by atoms with Crippen LogP contribution in [0.25, 0.3) is 5.65 Å². The Bertz CT molecular complexity index is 1410. The monoisotopic (exact) mass is 471 g/mol. The first-order valence-corrected chi connectivity index (χ1v) is 11.9. The maximum atomic E-state index is 13.5. The van der Waals surface area contributed by atoms with Crippen molar-refractivity contribution in [3.8, 4) is 5.75 Å². The predicted molar refractivity (Wildman–Crippen MR) is 134 cm³/mol. The topological polar surface area (TPSA) is 80.9 Å². The van der Waals surface area contributed by atoms with E-state index < -0.39 is 0 Å². The molecule has 1 amide bonds. The number of nitrogens with one attached hydrogen (secondary N) is 1. The van der Waals surface area contributed by atoms with Crippen LogP contribution < -0.4 is 15.6 Å². The number of fused-ring (bicyclic) bond motifs is 2. The molecule has 4 aromatic rings. The van der Waals surface area contributed by atoms with Crippen LogP contribution >= 0.6 is 0 Å². The lowest BCUT2D eigenvalue weighted by molar-refractivity contribution is 0.0952. The van der Waals surface area contributed by atoms with Crippen LogP contribution in [-0.2, 0) is 32.6 Å². The average molecular weight is 472 g/mol. The van der Waals surface area contributed by atoms with Crippen LogP contribution in [-0.4, -0.2) is 38.6 Å². The van der Waals surface area contributed by atoms with Gasteiger partial charge in [-0.2, -0.15) is 9.61 Å². The van der Waals surface area contributed by atoms with Crippen molar-refractivity contribution in [2.24, 2.45) is 0 Å². The third-order valence-electron chi connectivity index (χ3n) is 6.59. The molecular weight excluding hydrogens is 442 g/mol. The molecule has 35 heavy (non-hydrogen) atoms. The highest BCUT2D eigenvalue weighted by molar-refractivity contribution is 5.99. The third-order valence-corrected chi connectivity index (χ3v) is 6.59. The van der Waals surface area contributed by atoms with Crippen molar-refractivity contribution in [1.29, 1.82) is 0 Å². The normalized spacial score (nSPS) is 13.5. The van der Waals surface area contributed by atoms with Gasteiger partial charge < -0.3 is 14.6 Å². The van der Waals surface area contributed by atoms with Crippen LogP contribution in [0.4, 0.5) is 0 Å². The molecule has 0 bridgehead atoms. The van der Waals surface area contributed by atoms with Gasteiger partial charge in [-0.3, -0.25) is 14.5 Å². The van der Waals surface area contributed by atoms with E-state index in [0.29, 0.717) is 30.8 Å². The van der Waals surface area contributed by atoms with E-state index in [1.54, 1.807) is 7.11 Å². The molecule has 5 rings (SSSR count). The van der Waals surface area contributed by atoms with Gasteiger partial charge in [0.25, 0.3) is 11.5 Å². The van der Waals surface area contributed by atoms with Gasteiger partial charge >= 0.3 is 0 Å². The van der Waals surface area contributed by atoms with Crippen molar-refractivity contribution in [2.45, 2.75) is 39.5 Å². The van der Waals surface area contributed by atoms with Gasteiger partial charge in [0.05, 0.1) is 18.9 Å². The zero-order valence-corrected chi connectivity index (χ0v) is 20.0. The fraction of sp³-hybridized carbons (Fsp3) is 0.296. The Kier molecular flexibility index (Phi) is 6.37. The van der Waals surface area contributed by atoms with Gasteiger partial charge in [0.2, 0.25) is 0 Å². The number of hydrogen-bond acceptors (Lipinski definition) is 5. The largest absolute Gasteiger partial charge is 0.497 e. The van der Waals surface area contributed by atoms with E-state index in [1.807, 2.05) is 49.4 Å². The molecule has 1 N–H and O–H groups in total. The molecule has 0 unspecified atom stereocenters. The molecule has 8 nitrogen and oxygen atoms in total. The number of aryl methyl sites for hydroxylation is 1. The molecule has 180 valence electrons. The summed E-state index contributed by atoms with van der Waals surface area (Å²) in [5, 5.41) is 7.29. The average Bonchev–Trinajstić information content (AvgIpc) is 3.34. The Morgan fingerprint density at radius 2 is 1.86 bits per heavy atom. The second-order valence-corrected chi connectivity index (χ2v) is 8.75. The van der Waals surface area contributed by atoms with E-state index in [0.717, 1.165) is 42.1 Å². The Morgan fingerprint density at radius 1 is 1.09 bits per heavy atom. The van der Waals surface area contributed by atoms with Crippen molar-refractivity contribution in [3.05, 3.63) is 99.1 Å². The van der Waals surface area contributed by atoms with Crippen LogP contribution in [0, 0.1) is 0 Å². The van der Waals surface area contributed by atoms with E-state index in [1.165, 1.54) is 16.3 Å². The quantitative estimate of drug-likeness (QED) is 0.448. The standard InChI is InChI=1S/C27H29N5O3/c1-3-31-24-13-14-30(17-20-9-11-21(35-2)12-10-20)18-23(24)27(34)32-26(31)22(16-29-32)25(33)28-15-19-7-5-4-6-8-19/h4-12,16H,3,13-15,17-18H2,1-2H3,(H,28,33). The Labute approximate surface area is 203 Å². The van der Waals surface area contributed by atoms with Crippen LogP contribution in [0.1, 0.15) is 39.7 Å². The number of ether oxygens (including phenoxy) is 1. The molecule has 0 radical (unpaired) electrons. The lowest BCUT2D eigenvalue weighted by atomic mass is 10.0. The Hall–Kier alpha value is -3.91. The number of amides is 1. The van der Waals surface area contributed by atoms with E-state index in [9.17, 15) is 9.59 Å². The lowest BCUT2D eigenvalue weighted by Gasteiger charge is -2.30. The molecule has 0 aliphatic carbocycles. The highest BCUT2D eigenvalue weighted by Crippen LogP contribution is 2.22. The van der Waals surface area contributed by atoms with E-state index in [4.69, 9.17) is 4.74 Å². The summed E-state index contributed by atoms with van der Waals surface area (Å²) in [4.78, 5) is 28.8. The number of rotatable bonds is 7. The summed E-state index contributed by atoms with van der Waals surface area (Å²) in [5.41, 5.74) is 4.75. The van der Waals surface area contributed by atoms with Gasteiger partial charge in [-0.25, -0.2) is 0 Å².